The number of imide groups is 1. The summed E-state index contributed by atoms with van der Waals surface area (Å²) in [4.78, 5) is 33.4. The lowest BCUT2D eigenvalue weighted by molar-refractivity contribution is 0.0660. The van der Waals surface area contributed by atoms with Crippen molar-refractivity contribution in [1.29, 1.82) is 0 Å². The number of alkyl halides is 1. The number of carbonyl (C=O) groups is 2. The van der Waals surface area contributed by atoms with Gasteiger partial charge in [0.05, 0.1) is 17.7 Å². The van der Waals surface area contributed by atoms with Crippen molar-refractivity contribution in [2.75, 3.05) is 6.54 Å². The summed E-state index contributed by atoms with van der Waals surface area (Å²) in [5.74, 6) is -0.945. The first-order chi connectivity index (χ1) is 8.02. The Labute approximate surface area is 103 Å². The van der Waals surface area contributed by atoms with Crippen molar-refractivity contribution in [3.63, 3.8) is 0 Å². The molecule has 0 spiro atoms. The molecule has 0 fully saturated rings. The van der Waals surface area contributed by atoms with E-state index in [0.29, 0.717) is 11.1 Å². The van der Waals surface area contributed by atoms with Gasteiger partial charge in [-0.2, -0.15) is 0 Å². The van der Waals surface area contributed by atoms with Crippen LogP contribution < -0.4 is 0 Å². The molecule has 0 radical (unpaired) electrons. The largest absolute Gasteiger partial charge is 0.345 e. The zero-order valence-electron chi connectivity index (χ0n) is 8.59. The summed E-state index contributed by atoms with van der Waals surface area (Å²) in [6, 6.07) is 6.39. The van der Waals surface area contributed by atoms with Crippen molar-refractivity contribution in [3.8, 4) is 0 Å². The SMILES string of the molecule is O=C1c2ccccc2C(=O)N1CC(Cl)[PH](=O)O. The van der Waals surface area contributed by atoms with E-state index < -0.39 is 25.0 Å². The van der Waals surface area contributed by atoms with Crippen LogP contribution in [-0.2, 0) is 4.57 Å². The highest BCUT2D eigenvalue weighted by Crippen LogP contribution is 2.30. The number of amides is 2. The summed E-state index contributed by atoms with van der Waals surface area (Å²) in [5, 5.41) is -1.11. The second-order valence-corrected chi connectivity index (χ2v) is 5.84. The van der Waals surface area contributed by atoms with Gasteiger partial charge in [-0.1, -0.05) is 12.1 Å². The Hall–Kier alpha value is -1.16. The molecule has 2 atom stereocenters. The van der Waals surface area contributed by atoms with Gasteiger partial charge in [0.15, 0.2) is 0 Å². The van der Waals surface area contributed by atoms with Crippen molar-refractivity contribution in [2.45, 2.75) is 5.12 Å². The van der Waals surface area contributed by atoms with Gasteiger partial charge in [-0.05, 0) is 12.1 Å². The molecule has 1 aliphatic rings. The smallest absolute Gasteiger partial charge is 0.261 e. The maximum atomic E-state index is 11.8. The first kappa shape index (κ1) is 12.3. The lowest BCUT2D eigenvalue weighted by atomic mass is 10.1. The van der Waals surface area contributed by atoms with Crippen molar-refractivity contribution < 1.29 is 19.0 Å². The molecule has 0 saturated heterocycles. The molecule has 1 aliphatic heterocycles. The number of halogens is 1. The predicted octanol–water partition coefficient (Wildman–Crippen LogP) is 1.31. The van der Waals surface area contributed by atoms with Crippen molar-refractivity contribution in [2.24, 2.45) is 0 Å². The van der Waals surface area contributed by atoms with Gasteiger partial charge in [-0.25, -0.2) is 0 Å². The Kier molecular flexibility index (Phi) is 3.33. The summed E-state index contributed by atoms with van der Waals surface area (Å²) < 4.78 is 10.8. The third kappa shape index (κ3) is 2.14. The maximum Gasteiger partial charge on any atom is 0.261 e. The monoisotopic (exact) mass is 273 g/mol. The molecule has 5 nitrogen and oxygen atoms in total. The highest BCUT2D eigenvalue weighted by atomic mass is 35.5. The minimum absolute atomic E-state index is 0.248. The van der Waals surface area contributed by atoms with Gasteiger partial charge in [-0.3, -0.25) is 19.1 Å². The molecule has 2 rings (SSSR count). The number of rotatable bonds is 3. The number of nitrogens with zero attached hydrogens (tertiary/aromatic N) is 1. The highest BCUT2D eigenvalue weighted by molar-refractivity contribution is 7.41. The second-order valence-electron chi connectivity index (χ2n) is 3.57. The number of hydrogen-bond donors (Lipinski definition) is 1. The standard InChI is InChI=1S/C10H9ClNO4P/c11-8(17(15)16)5-12-9(13)6-3-1-2-4-7(6)10(12)14/h1-4,8,17H,5H2,(H,15,16). The molecule has 0 saturated carbocycles. The van der Waals surface area contributed by atoms with Crippen molar-refractivity contribution >= 4 is 31.4 Å². The van der Waals surface area contributed by atoms with Crippen molar-refractivity contribution in [3.05, 3.63) is 35.4 Å². The zero-order chi connectivity index (χ0) is 12.6. The van der Waals surface area contributed by atoms with E-state index in [-0.39, 0.29) is 6.54 Å². The van der Waals surface area contributed by atoms with Crippen LogP contribution >= 0.6 is 19.6 Å². The van der Waals surface area contributed by atoms with Crippen LogP contribution in [0.25, 0.3) is 0 Å². The molecular formula is C10H9ClNO4P. The van der Waals surface area contributed by atoms with E-state index in [0.717, 1.165) is 4.90 Å². The molecule has 0 aliphatic carbocycles. The minimum atomic E-state index is -2.96. The summed E-state index contributed by atoms with van der Waals surface area (Å²) in [6.07, 6.45) is 0. The summed E-state index contributed by atoms with van der Waals surface area (Å²) in [7, 11) is -2.96. The quantitative estimate of drug-likeness (QED) is 0.512. The number of hydrogen-bond acceptors (Lipinski definition) is 3. The third-order valence-electron chi connectivity index (χ3n) is 2.49. The minimum Gasteiger partial charge on any atom is -0.345 e. The Balaban J connectivity index is 2.27. The fraction of sp³-hybridized carbons (Fsp3) is 0.200. The molecule has 17 heavy (non-hydrogen) atoms. The second kappa shape index (κ2) is 4.61. The van der Waals surface area contributed by atoms with Crippen LogP contribution in [0.1, 0.15) is 20.7 Å². The van der Waals surface area contributed by atoms with Gasteiger partial charge in [0.2, 0.25) is 8.03 Å². The first-order valence-electron chi connectivity index (χ1n) is 4.84. The van der Waals surface area contributed by atoms with E-state index in [4.69, 9.17) is 16.5 Å². The van der Waals surface area contributed by atoms with Crippen LogP contribution in [0.4, 0.5) is 0 Å². The average Bonchev–Trinajstić information content (AvgIpc) is 2.55. The van der Waals surface area contributed by atoms with E-state index in [1.165, 1.54) is 0 Å². The van der Waals surface area contributed by atoms with Crippen LogP contribution in [0.5, 0.6) is 0 Å². The van der Waals surface area contributed by atoms with E-state index in [9.17, 15) is 14.2 Å². The number of carbonyl (C=O) groups excluding carboxylic acids is 2. The molecular weight excluding hydrogens is 265 g/mol. The van der Waals surface area contributed by atoms with Crippen LogP contribution in [0, 0.1) is 0 Å². The van der Waals surface area contributed by atoms with E-state index in [1.807, 2.05) is 0 Å². The van der Waals surface area contributed by atoms with E-state index in [2.05, 4.69) is 0 Å². The fourth-order valence-corrected chi connectivity index (χ4v) is 2.12. The van der Waals surface area contributed by atoms with Gasteiger partial charge in [0.1, 0.15) is 5.12 Å². The molecule has 90 valence electrons. The Morgan fingerprint density at radius 1 is 1.24 bits per heavy atom. The molecule has 7 heteroatoms. The molecule has 1 aromatic carbocycles. The molecule has 1 aromatic rings. The molecule has 1 N–H and O–H groups in total. The van der Waals surface area contributed by atoms with Crippen LogP contribution in [0.15, 0.2) is 24.3 Å². The highest BCUT2D eigenvalue weighted by Gasteiger charge is 2.36. The van der Waals surface area contributed by atoms with Crippen molar-refractivity contribution in [1.82, 2.24) is 4.90 Å². The summed E-state index contributed by atoms with van der Waals surface area (Å²) in [5.41, 5.74) is 0.609. The van der Waals surface area contributed by atoms with Gasteiger partial charge in [-0.15, -0.1) is 11.6 Å². The van der Waals surface area contributed by atoms with E-state index in [1.54, 1.807) is 24.3 Å². The summed E-state index contributed by atoms with van der Waals surface area (Å²) in [6.45, 7) is -0.248. The number of fused-ring (bicyclic) bond motifs is 1. The van der Waals surface area contributed by atoms with E-state index >= 15 is 0 Å². The van der Waals surface area contributed by atoms with Gasteiger partial charge < -0.3 is 4.89 Å². The summed E-state index contributed by atoms with van der Waals surface area (Å²) >= 11 is 5.61. The molecule has 0 bridgehead atoms. The van der Waals surface area contributed by atoms with Crippen LogP contribution in [0.3, 0.4) is 0 Å². The topological polar surface area (TPSA) is 74.7 Å². The fourth-order valence-electron chi connectivity index (χ4n) is 1.64. The molecule has 0 aromatic heterocycles. The first-order valence-corrected chi connectivity index (χ1v) is 6.71. The predicted molar refractivity (Wildman–Crippen MR) is 62.7 cm³/mol. The molecule has 1 heterocycles. The molecule has 2 amide bonds. The normalized spacial score (nSPS) is 18.1. The van der Waals surface area contributed by atoms with Gasteiger partial charge in [0, 0.05) is 0 Å². The lowest BCUT2D eigenvalue weighted by Crippen LogP contribution is -2.34. The average molecular weight is 274 g/mol. The van der Waals surface area contributed by atoms with Crippen LogP contribution in [-0.4, -0.2) is 33.3 Å². The lowest BCUT2D eigenvalue weighted by Gasteiger charge is -2.15. The Bertz CT molecular complexity index is 484. The van der Waals surface area contributed by atoms with Crippen LogP contribution in [0.2, 0.25) is 0 Å². The maximum absolute atomic E-state index is 11.8. The van der Waals surface area contributed by atoms with Gasteiger partial charge >= 0.3 is 0 Å². The Morgan fingerprint density at radius 3 is 2.12 bits per heavy atom. The molecule has 2 unspecified atom stereocenters. The third-order valence-corrected chi connectivity index (χ3v) is 3.91. The zero-order valence-corrected chi connectivity index (χ0v) is 10.3. The van der Waals surface area contributed by atoms with Gasteiger partial charge in [0.25, 0.3) is 11.8 Å². The number of benzene rings is 1. The Morgan fingerprint density at radius 2 is 1.71 bits per heavy atom.